The number of methoxy groups -OCH3 is 1. The summed E-state index contributed by atoms with van der Waals surface area (Å²) in [7, 11) is 1.81. The molecule has 138 valence electrons. The zero-order valence-electron chi connectivity index (χ0n) is 16.4. The first kappa shape index (κ1) is 18.4. The molecule has 0 heterocycles. The van der Waals surface area contributed by atoms with Crippen molar-refractivity contribution in [2.75, 3.05) is 7.11 Å². The highest BCUT2D eigenvalue weighted by atomic mass is 16.5. The zero-order chi connectivity index (χ0) is 17.9. The first-order chi connectivity index (χ1) is 11.2. The van der Waals surface area contributed by atoms with E-state index in [2.05, 4.69) is 34.6 Å². The maximum atomic E-state index is 13.5. The van der Waals surface area contributed by atoms with E-state index in [0.29, 0.717) is 18.1 Å². The maximum absolute atomic E-state index is 13.5. The minimum atomic E-state index is -0.436. The van der Waals surface area contributed by atoms with Gasteiger partial charge in [0.25, 0.3) is 0 Å². The lowest BCUT2D eigenvalue weighted by atomic mass is 9.44. The largest absolute Gasteiger partial charge is 0.393 e. The van der Waals surface area contributed by atoms with Crippen LogP contribution in [-0.4, -0.2) is 30.2 Å². The van der Waals surface area contributed by atoms with Crippen molar-refractivity contribution in [3.63, 3.8) is 0 Å². The van der Waals surface area contributed by atoms with Gasteiger partial charge in [-0.15, -0.1) is 0 Å². The lowest BCUT2D eigenvalue weighted by Gasteiger charge is -2.61. The van der Waals surface area contributed by atoms with E-state index in [9.17, 15) is 9.90 Å². The highest BCUT2D eigenvalue weighted by Gasteiger charge is 2.67. The molecule has 0 unspecified atom stereocenters. The number of carbonyl (C=O) groups is 1. The molecule has 0 amide bonds. The highest BCUT2D eigenvalue weighted by Crippen LogP contribution is 2.68. The fourth-order valence-electron chi connectivity index (χ4n) is 6.85. The molecule has 0 aromatic carbocycles. The summed E-state index contributed by atoms with van der Waals surface area (Å²) in [5, 5.41) is 11.4. The Hall–Kier alpha value is -0.410. The summed E-state index contributed by atoms with van der Waals surface area (Å²) in [6.45, 7) is 10.9. The lowest BCUT2D eigenvalue weighted by Crippen LogP contribution is -2.62. The van der Waals surface area contributed by atoms with Gasteiger partial charge >= 0.3 is 0 Å². The van der Waals surface area contributed by atoms with Crippen LogP contribution < -0.4 is 0 Å². The number of aliphatic hydroxyl groups is 1. The standard InChI is InChI=1S/C21H36O3/c1-7-19(4)12-16(22)20(5)13(2)8-10-21(14(3)18(19)23)11-9-15(24-6)17(20)21/h13-17,22H,7-12H2,1-6H3/t13-,14+,15-,16-,17-,19-,20+,21+/m1/s1. The Labute approximate surface area is 147 Å². The van der Waals surface area contributed by atoms with E-state index in [-0.39, 0.29) is 28.8 Å². The number of rotatable bonds is 2. The third-order valence-electron chi connectivity index (χ3n) is 8.96. The van der Waals surface area contributed by atoms with Crippen LogP contribution in [0, 0.1) is 34.0 Å². The third kappa shape index (κ3) is 2.13. The molecule has 0 aromatic rings. The van der Waals surface area contributed by atoms with Crippen molar-refractivity contribution in [2.24, 2.45) is 34.0 Å². The molecule has 0 aliphatic heterocycles. The molecular weight excluding hydrogens is 300 g/mol. The Morgan fingerprint density at radius 2 is 1.83 bits per heavy atom. The van der Waals surface area contributed by atoms with Gasteiger partial charge in [-0.1, -0.05) is 34.6 Å². The number of hydrogen-bond acceptors (Lipinski definition) is 3. The quantitative estimate of drug-likeness (QED) is 0.821. The first-order valence-electron chi connectivity index (χ1n) is 9.92. The Bertz CT molecular complexity index is 517. The third-order valence-corrected chi connectivity index (χ3v) is 8.96. The second kappa shape index (κ2) is 5.81. The molecule has 0 spiro atoms. The van der Waals surface area contributed by atoms with Crippen molar-refractivity contribution in [3.05, 3.63) is 0 Å². The molecular formula is C21H36O3. The SMILES string of the molecule is CC[C@]1(C)C[C@@H](O)[C@]2(C)[C@H](C)CC[C@]3(CC[C@@H](OC)[C@@H]32)[C@@H](C)C1=O. The molecule has 3 aliphatic carbocycles. The van der Waals surface area contributed by atoms with E-state index in [0.717, 1.165) is 32.1 Å². The zero-order valence-corrected chi connectivity index (χ0v) is 16.4. The summed E-state index contributed by atoms with van der Waals surface area (Å²) < 4.78 is 5.91. The van der Waals surface area contributed by atoms with Crippen molar-refractivity contribution in [1.82, 2.24) is 0 Å². The van der Waals surface area contributed by atoms with Crippen LogP contribution in [0.2, 0.25) is 0 Å². The summed E-state index contributed by atoms with van der Waals surface area (Å²) in [6.07, 6.45) is 5.45. The molecule has 0 radical (unpaired) electrons. The Balaban J connectivity index is 2.19. The molecule has 3 rings (SSSR count). The fourth-order valence-corrected chi connectivity index (χ4v) is 6.85. The average molecular weight is 337 g/mol. The van der Waals surface area contributed by atoms with Crippen molar-refractivity contribution < 1.29 is 14.6 Å². The van der Waals surface area contributed by atoms with E-state index in [1.165, 1.54) is 0 Å². The first-order valence-corrected chi connectivity index (χ1v) is 9.92. The van der Waals surface area contributed by atoms with Gasteiger partial charge in [-0.25, -0.2) is 0 Å². The van der Waals surface area contributed by atoms with Crippen molar-refractivity contribution in [2.45, 2.75) is 85.4 Å². The Morgan fingerprint density at radius 1 is 1.21 bits per heavy atom. The number of Topliss-reactive ketones (excluding diaryl/α,β-unsaturated/α-hetero) is 1. The summed E-state index contributed by atoms with van der Waals surface area (Å²) in [5.41, 5.74) is -0.558. The van der Waals surface area contributed by atoms with Crippen LogP contribution >= 0.6 is 0 Å². The molecule has 1 N–H and O–H groups in total. The highest BCUT2D eigenvalue weighted by molar-refractivity contribution is 5.87. The monoisotopic (exact) mass is 336 g/mol. The molecule has 3 fully saturated rings. The van der Waals surface area contributed by atoms with Gasteiger partial charge in [0.05, 0.1) is 12.2 Å². The van der Waals surface area contributed by atoms with Gasteiger partial charge in [0.2, 0.25) is 0 Å². The van der Waals surface area contributed by atoms with E-state index < -0.39 is 11.5 Å². The van der Waals surface area contributed by atoms with Crippen molar-refractivity contribution >= 4 is 5.78 Å². The fraction of sp³-hybridized carbons (Fsp3) is 0.952. The second-order valence-electron chi connectivity index (χ2n) is 9.55. The molecule has 0 saturated heterocycles. The number of hydrogen-bond donors (Lipinski definition) is 1. The van der Waals surface area contributed by atoms with Gasteiger partial charge in [-0.05, 0) is 55.8 Å². The van der Waals surface area contributed by atoms with Gasteiger partial charge < -0.3 is 9.84 Å². The normalized spacial score (nSPS) is 55.0. The van der Waals surface area contributed by atoms with E-state index >= 15 is 0 Å². The number of carbonyl (C=O) groups excluding carboxylic acids is 1. The number of aliphatic hydroxyl groups excluding tert-OH is 1. The van der Waals surface area contributed by atoms with Gasteiger partial charge in [0.15, 0.2) is 0 Å². The Morgan fingerprint density at radius 3 is 2.42 bits per heavy atom. The minimum absolute atomic E-state index is 0.0108. The van der Waals surface area contributed by atoms with Crippen LogP contribution in [0.4, 0.5) is 0 Å². The predicted octanol–water partition coefficient (Wildman–Crippen LogP) is 4.22. The van der Waals surface area contributed by atoms with Crippen LogP contribution in [0.1, 0.15) is 73.1 Å². The van der Waals surface area contributed by atoms with E-state index in [1.54, 1.807) is 7.11 Å². The van der Waals surface area contributed by atoms with Gasteiger partial charge in [-0.3, -0.25) is 4.79 Å². The molecule has 3 nitrogen and oxygen atoms in total. The van der Waals surface area contributed by atoms with Crippen LogP contribution in [0.3, 0.4) is 0 Å². The maximum Gasteiger partial charge on any atom is 0.142 e. The summed E-state index contributed by atoms with van der Waals surface area (Å²) >= 11 is 0. The van der Waals surface area contributed by atoms with Crippen molar-refractivity contribution in [1.29, 1.82) is 0 Å². The predicted molar refractivity (Wildman–Crippen MR) is 95.7 cm³/mol. The van der Waals surface area contributed by atoms with Gasteiger partial charge in [-0.2, -0.15) is 0 Å². The van der Waals surface area contributed by atoms with Crippen LogP contribution in [-0.2, 0) is 9.53 Å². The van der Waals surface area contributed by atoms with Gasteiger partial charge in [0, 0.05) is 23.9 Å². The summed E-state index contributed by atoms with van der Waals surface area (Å²) in [6, 6.07) is 0. The Kier molecular flexibility index (Phi) is 4.45. The van der Waals surface area contributed by atoms with Crippen molar-refractivity contribution in [3.8, 4) is 0 Å². The van der Waals surface area contributed by atoms with Crippen LogP contribution in [0.15, 0.2) is 0 Å². The van der Waals surface area contributed by atoms with Gasteiger partial charge in [0.1, 0.15) is 5.78 Å². The van der Waals surface area contributed by atoms with E-state index in [4.69, 9.17) is 4.74 Å². The summed E-state index contributed by atoms with van der Waals surface area (Å²) in [4.78, 5) is 13.5. The molecule has 3 saturated carbocycles. The molecule has 3 aliphatic rings. The topological polar surface area (TPSA) is 46.5 Å². The van der Waals surface area contributed by atoms with E-state index in [1.807, 2.05) is 0 Å². The summed E-state index contributed by atoms with van der Waals surface area (Å²) in [5.74, 6) is 1.19. The number of ether oxygens (including phenoxy) is 1. The van der Waals surface area contributed by atoms with Crippen LogP contribution in [0.25, 0.3) is 0 Å². The lowest BCUT2D eigenvalue weighted by molar-refractivity contribution is -0.192. The molecule has 0 aromatic heterocycles. The molecule has 2 bridgehead atoms. The smallest absolute Gasteiger partial charge is 0.142 e. The molecule has 24 heavy (non-hydrogen) atoms. The average Bonchev–Trinajstić information content (AvgIpc) is 2.96. The second-order valence-corrected chi connectivity index (χ2v) is 9.55. The number of ketones is 1. The molecule has 3 heteroatoms. The van der Waals surface area contributed by atoms with Crippen LogP contribution in [0.5, 0.6) is 0 Å². The minimum Gasteiger partial charge on any atom is -0.393 e. The molecule has 8 atom stereocenters.